The molecule has 10 atom stereocenters. The first kappa shape index (κ1) is 21.4. The van der Waals surface area contributed by atoms with Crippen LogP contribution in [0.5, 0.6) is 0 Å². The molecule has 152 valence electrons. The minimum absolute atomic E-state index is 0.484. The monoisotopic (exact) mass is 382 g/mol. The summed E-state index contributed by atoms with van der Waals surface area (Å²) in [4.78, 5) is 11.3. The summed E-state index contributed by atoms with van der Waals surface area (Å²) in [5, 5.41) is 61.2. The van der Waals surface area contributed by atoms with Gasteiger partial charge in [-0.3, -0.25) is 4.79 Å². The lowest BCUT2D eigenvalue weighted by atomic mass is 9.95. The predicted molar refractivity (Wildman–Crippen MR) is 82.2 cm³/mol. The van der Waals surface area contributed by atoms with E-state index in [0.29, 0.717) is 0 Å². The third-order valence-corrected chi connectivity index (χ3v) is 4.45. The molecule has 9 N–H and O–H groups in total. The molecule has 12 heteroatoms. The summed E-state index contributed by atoms with van der Waals surface area (Å²) < 4.78 is 16.0. The Labute approximate surface area is 149 Å². The van der Waals surface area contributed by atoms with E-state index in [2.05, 4.69) is 5.32 Å². The minimum Gasteiger partial charge on any atom is -0.394 e. The summed E-state index contributed by atoms with van der Waals surface area (Å²) in [6.45, 7) is -0.0397. The van der Waals surface area contributed by atoms with E-state index in [1.165, 1.54) is 6.92 Å². The van der Waals surface area contributed by atoms with E-state index in [0.717, 1.165) is 0 Å². The molecule has 2 aliphatic rings. The number of ether oxygens (including phenoxy) is 3. The Kier molecular flexibility index (Phi) is 7.27. The molecule has 0 saturated carbocycles. The van der Waals surface area contributed by atoms with Crippen LogP contribution in [0.1, 0.15) is 6.92 Å². The molecule has 12 nitrogen and oxygen atoms in total. The van der Waals surface area contributed by atoms with Crippen molar-refractivity contribution in [2.45, 2.75) is 68.2 Å². The smallest absolute Gasteiger partial charge is 0.217 e. The van der Waals surface area contributed by atoms with Crippen molar-refractivity contribution in [3.05, 3.63) is 0 Å². The number of hydrogen-bond donors (Lipinski definition) is 8. The van der Waals surface area contributed by atoms with Crippen LogP contribution in [0.4, 0.5) is 0 Å². The normalized spacial score (nSPS) is 46.8. The van der Waals surface area contributed by atoms with Gasteiger partial charge in [0, 0.05) is 6.92 Å². The molecule has 2 aliphatic heterocycles. The van der Waals surface area contributed by atoms with E-state index in [9.17, 15) is 35.4 Å². The van der Waals surface area contributed by atoms with Gasteiger partial charge in [-0.15, -0.1) is 0 Å². The van der Waals surface area contributed by atoms with Crippen molar-refractivity contribution in [2.24, 2.45) is 5.73 Å². The highest BCUT2D eigenvalue weighted by Gasteiger charge is 2.50. The first-order chi connectivity index (χ1) is 12.2. The van der Waals surface area contributed by atoms with Crippen LogP contribution >= 0.6 is 0 Å². The van der Waals surface area contributed by atoms with Crippen LogP contribution < -0.4 is 11.1 Å². The van der Waals surface area contributed by atoms with Gasteiger partial charge in [0.2, 0.25) is 5.91 Å². The van der Waals surface area contributed by atoms with Gasteiger partial charge in [0.1, 0.15) is 49.0 Å². The van der Waals surface area contributed by atoms with Crippen LogP contribution in [0.2, 0.25) is 0 Å². The van der Waals surface area contributed by atoms with Gasteiger partial charge in [-0.25, -0.2) is 0 Å². The Bertz CT molecular complexity index is 481. The fourth-order valence-electron chi connectivity index (χ4n) is 3.03. The number of hydrogen-bond acceptors (Lipinski definition) is 11. The maximum atomic E-state index is 11.3. The lowest BCUT2D eigenvalue weighted by molar-refractivity contribution is -0.336. The van der Waals surface area contributed by atoms with E-state index < -0.39 is 80.4 Å². The lowest BCUT2D eigenvalue weighted by Gasteiger charge is -2.46. The summed E-state index contributed by atoms with van der Waals surface area (Å²) in [6.07, 6.45) is -12.7. The molecule has 0 aromatic carbocycles. The predicted octanol–water partition coefficient (Wildman–Crippen LogP) is -5.29. The number of nitrogens with one attached hydrogen (secondary N) is 1. The van der Waals surface area contributed by atoms with Crippen LogP contribution in [0.15, 0.2) is 0 Å². The third-order valence-electron chi connectivity index (χ3n) is 4.45. The Morgan fingerprint density at radius 3 is 2.15 bits per heavy atom. The summed E-state index contributed by atoms with van der Waals surface area (Å²) in [7, 11) is 0. The topological polar surface area (TPSA) is 204 Å². The first-order valence-corrected chi connectivity index (χ1v) is 8.14. The lowest BCUT2D eigenvalue weighted by Crippen LogP contribution is -2.68. The quantitative estimate of drug-likeness (QED) is 0.225. The van der Waals surface area contributed by atoms with Crippen LogP contribution in [0, 0.1) is 0 Å². The maximum absolute atomic E-state index is 11.3. The fourth-order valence-corrected chi connectivity index (χ4v) is 3.03. The van der Waals surface area contributed by atoms with E-state index >= 15 is 0 Å². The van der Waals surface area contributed by atoms with Gasteiger partial charge in [0.05, 0.1) is 19.3 Å². The third kappa shape index (κ3) is 4.31. The molecule has 2 fully saturated rings. The number of amides is 1. The van der Waals surface area contributed by atoms with Crippen molar-refractivity contribution in [3.63, 3.8) is 0 Å². The van der Waals surface area contributed by atoms with Crippen molar-refractivity contribution < 1.29 is 49.6 Å². The second-order valence-corrected chi connectivity index (χ2v) is 6.34. The highest BCUT2D eigenvalue weighted by molar-refractivity contribution is 5.73. The average molecular weight is 382 g/mol. The van der Waals surface area contributed by atoms with Gasteiger partial charge >= 0.3 is 0 Å². The Morgan fingerprint density at radius 2 is 1.62 bits per heavy atom. The van der Waals surface area contributed by atoms with Gasteiger partial charge in [0.15, 0.2) is 6.29 Å². The van der Waals surface area contributed by atoms with Crippen LogP contribution in [0.25, 0.3) is 0 Å². The molecule has 0 aliphatic carbocycles. The molecular weight excluding hydrogens is 356 g/mol. The first-order valence-electron chi connectivity index (χ1n) is 8.14. The largest absolute Gasteiger partial charge is 0.394 e. The molecule has 2 heterocycles. The van der Waals surface area contributed by atoms with Crippen molar-refractivity contribution in [1.29, 1.82) is 0 Å². The van der Waals surface area contributed by atoms with Gasteiger partial charge in [0.25, 0.3) is 0 Å². The van der Waals surface area contributed by atoms with E-state index in [4.69, 9.17) is 19.9 Å². The zero-order valence-electron chi connectivity index (χ0n) is 14.1. The van der Waals surface area contributed by atoms with Crippen LogP contribution in [-0.2, 0) is 19.0 Å². The molecule has 2 rings (SSSR count). The molecule has 0 spiro atoms. The zero-order chi connectivity index (χ0) is 19.6. The SMILES string of the molecule is CC(=O)NC1[C@H](N)OC(CO)[C@@H](O[C@@H]2OC(CO)[C@H](O)[C@H](O)C2O)[C@@H]1O. The summed E-state index contributed by atoms with van der Waals surface area (Å²) >= 11 is 0. The molecular formula is C14H26N2O10. The standard InChI is InChI=1S/C14H26N2O10/c1-4(19)16-7-9(21)12(6(3-18)24-13(7)15)26-14-11(23)10(22)8(20)5(2-17)25-14/h5-14,17-18,20-23H,2-3,15H2,1H3,(H,16,19)/t5?,6?,7?,8-,9+,10-,11?,12+,13+,14-/m0/s1. The van der Waals surface area contributed by atoms with Gasteiger partial charge in [-0.2, -0.15) is 0 Å². The molecule has 0 aromatic heterocycles. The number of rotatable bonds is 5. The van der Waals surface area contributed by atoms with Crippen molar-refractivity contribution in [2.75, 3.05) is 13.2 Å². The number of carbonyl (C=O) groups excluding carboxylic acids is 1. The summed E-state index contributed by atoms with van der Waals surface area (Å²) in [5.74, 6) is -0.484. The van der Waals surface area contributed by atoms with Gasteiger partial charge in [-0.05, 0) is 0 Å². The Balaban J connectivity index is 2.16. The average Bonchev–Trinajstić information content (AvgIpc) is 2.60. The molecule has 0 radical (unpaired) electrons. The van der Waals surface area contributed by atoms with E-state index in [1.54, 1.807) is 0 Å². The number of aliphatic hydroxyl groups excluding tert-OH is 6. The Morgan fingerprint density at radius 1 is 1.00 bits per heavy atom. The number of nitrogens with two attached hydrogens (primary N) is 1. The second-order valence-electron chi connectivity index (χ2n) is 6.34. The highest BCUT2D eigenvalue weighted by Crippen LogP contribution is 2.28. The second kappa shape index (κ2) is 8.84. The van der Waals surface area contributed by atoms with Crippen LogP contribution in [-0.4, -0.2) is 111 Å². The van der Waals surface area contributed by atoms with E-state index in [1.807, 2.05) is 0 Å². The Hall–Kier alpha value is -0.930. The number of aliphatic hydroxyl groups is 6. The number of carbonyl (C=O) groups is 1. The van der Waals surface area contributed by atoms with E-state index in [-0.39, 0.29) is 0 Å². The molecule has 0 bridgehead atoms. The van der Waals surface area contributed by atoms with Gasteiger partial charge in [-0.1, -0.05) is 0 Å². The van der Waals surface area contributed by atoms with Crippen molar-refractivity contribution in [1.82, 2.24) is 5.32 Å². The molecule has 26 heavy (non-hydrogen) atoms. The van der Waals surface area contributed by atoms with Crippen molar-refractivity contribution >= 4 is 5.91 Å². The maximum Gasteiger partial charge on any atom is 0.217 e. The summed E-state index contributed by atoms with van der Waals surface area (Å²) in [6, 6.07) is -1.06. The molecule has 0 aromatic rings. The highest BCUT2D eigenvalue weighted by atomic mass is 16.7. The van der Waals surface area contributed by atoms with Gasteiger partial charge < -0.3 is 55.9 Å². The molecule has 2 saturated heterocycles. The van der Waals surface area contributed by atoms with Crippen molar-refractivity contribution in [3.8, 4) is 0 Å². The zero-order valence-corrected chi connectivity index (χ0v) is 14.1. The minimum atomic E-state index is -1.70. The summed E-state index contributed by atoms with van der Waals surface area (Å²) in [5.41, 5.74) is 5.74. The molecule has 4 unspecified atom stereocenters. The fraction of sp³-hybridized carbons (Fsp3) is 0.929. The van der Waals surface area contributed by atoms with Crippen LogP contribution in [0.3, 0.4) is 0 Å². The molecule has 1 amide bonds.